The zero-order chi connectivity index (χ0) is 19.7. The zero-order valence-corrected chi connectivity index (χ0v) is 15.9. The van der Waals surface area contributed by atoms with Crippen molar-refractivity contribution in [2.75, 3.05) is 19.6 Å². The first-order valence-corrected chi connectivity index (χ1v) is 9.63. The van der Waals surface area contributed by atoms with Gasteiger partial charge in [0.1, 0.15) is 5.54 Å². The number of rotatable bonds is 3. The van der Waals surface area contributed by atoms with Crippen LogP contribution in [0.3, 0.4) is 0 Å². The average molecular weight is 377 g/mol. The van der Waals surface area contributed by atoms with Crippen molar-refractivity contribution in [3.05, 3.63) is 60.2 Å². The molecule has 1 N–H and O–H groups in total. The Labute approximate surface area is 164 Å². The van der Waals surface area contributed by atoms with Gasteiger partial charge in [-0.25, -0.2) is 4.79 Å². The Morgan fingerprint density at radius 2 is 1.57 bits per heavy atom. The largest absolute Gasteiger partial charge is 0.338 e. The molecule has 0 unspecified atom stereocenters. The number of benzene rings is 2. The Morgan fingerprint density at radius 1 is 0.964 bits per heavy atom. The minimum Gasteiger partial charge on any atom is -0.338 e. The van der Waals surface area contributed by atoms with Gasteiger partial charge in [0, 0.05) is 25.2 Å². The standard InChI is InChI=1S/C22H23N3O3/c1-2-25-20(27)22(23-21(25)28)12-14-24(15-13-22)19(26)18-10-8-17(9-11-18)16-6-4-3-5-7-16/h3-11H,2,12-15H2,1H3,(H,23,28). The maximum Gasteiger partial charge on any atom is 0.325 e. The molecular weight excluding hydrogens is 354 g/mol. The fourth-order valence-electron chi connectivity index (χ4n) is 4.01. The Bertz CT molecular complexity index is 900. The van der Waals surface area contributed by atoms with Gasteiger partial charge in [0.25, 0.3) is 11.8 Å². The summed E-state index contributed by atoms with van der Waals surface area (Å²) in [6.07, 6.45) is 0.893. The molecule has 2 aliphatic rings. The predicted octanol–water partition coefficient (Wildman–Crippen LogP) is 2.90. The van der Waals surface area contributed by atoms with Crippen LogP contribution in [0.15, 0.2) is 54.6 Å². The van der Waals surface area contributed by atoms with Crippen LogP contribution in [0.1, 0.15) is 30.1 Å². The molecule has 0 atom stereocenters. The van der Waals surface area contributed by atoms with Crippen LogP contribution in [0.25, 0.3) is 11.1 Å². The molecule has 2 aromatic rings. The normalized spacial score (nSPS) is 18.5. The number of piperidine rings is 1. The molecule has 144 valence electrons. The molecule has 4 rings (SSSR count). The van der Waals surface area contributed by atoms with Crippen LogP contribution >= 0.6 is 0 Å². The number of nitrogens with one attached hydrogen (secondary N) is 1. The molecule has 4 amide bonds. The average Bonchev–Trinajstić information content (AvgIpc) is 2.97. The summed E-state index contributed by atoms with van der Waals surface area (Å²) in [7, 11) is 0. The zero-order valence-electron chi connectivity index (χ0n) is 15.9. The Morgan fingerprint density at radius 3 is 2.14 bits per heavy atom. The van der Waals surface area contributed by atoms with Crippen molar-refractivity contribution in [3.8, 4) is 11.1 Å². The van der Waals surface area contributed by atoms with Gasteiger partial charge < -0.3 is 10.2 Å². The summed E-state index contributed by atoms with van der Waals surface area (Å²) in [5.74, 6) is -0.210. The maximum atomic E-state index is 12.9. The van der Waals surface area contributed by atoms with E-state index < -0.39 is 5.54 Å². The fraction of sp³-hybridized carbons (Fsp3) is 0.318. The predicted molar refractivity (Wildman–Crippen MR) is 106 cm³/mol. The van der Waals surface area contributed by atoms with E-state index in [9.17, 15) is 14.4 Å². The lowest BCUT2D eigenvalue weighted by Crippen LogP contribution is -2.55. The third kappa shape index (κ3) is 3.05. The molecule has 2 heterocycles. The monoisotopic (exact) mass is 377 g/mol. The van der Waals surface area contributed by atoms with Gasteiger partial charge in [-0.3, -0.25) is 14.5 Å². The quantitative estimate of drug-likeness (QED) is 0.836. The van der Waals surface area contributed by atoms with E-state index in [-0.39, 0.29) is 17.8 Å². The number of urea groups is 1. The summed E-state index contributed by atoms with van der Waals surface area (Å²) < 4.78 is 0. The summed E-state index contributed by atoms with van der Waals surface area (Å²) in [5.41, 5.74) is 1.96. The van der Waals surface area contributed by atoms with Crippen LogP contribution in [0.4, 0.5) is 4.79 Å². The van der Waals surface area contributed by atoms with E-state index in [4.69, 9.17) is 0 Å². The Hall–Kier alpha value is -3.15. The highest BCUT2D eigenvalue weighted by molar-refractivity contribution is 6.07. The number of hydrogen-bond donors (Lipinski definition) is 1. The third-order valence-electron chi connectivity index (χ3n) is 5.71. The highest BCUT2D eigenvalue weighted by Gasteiger charge is 2.52. The van der Waals surface area contributed by atoms with Gasteiger partial charge in [0.2, 0.25) is 0 Å². The summed E-state index contributed by atoms with van der Waals surface area (Å²) in [4.78, 5) is 40.4. The van der Waals surface area contributed by atoms with E-state index in [2.05, 4.69) is 5.32 Å². The molecule has 6 nitrogen and oxygen atoms in total. The Balaban J connectivity index is 1.43. The molecular formula is C22H23N3O3. The van der Waals surface area contributed by atoms with E-state index >= 15 is 0 Å². The second-order valence-corrected chi connectivity index (χ2v) is 7.30. The molecule has 0 aliphatic carbocycles. The first-order chi connectivity index (χ1) is 13.5. The van der Waals surface area contributed by atoms with Crippen molar-refractivity contribution in [3.63, 3.8) is 0 Å². The molecule has 2 fully saturated rings. The summed E-state index contributed by atoms with van der Waals surface area (Å²) in [6, 6.07) is 17.3. The van der Waals surface area contributed by atoms with E-state index in [0.29, 0.717) is 38.0 Å². The lowest BCUT2D eigenvalue weighted by molar-refractivity contribution is -0.132. The van der Waals surface area contributed by atoms with Crippen molar-refractivity contribution in [2.24, 2.45) is 0 Å². The molecule has 28 heavy (non-hydrogen) atoms. The number of amides is 4. The third-order valence-corrected chi connectivity index (χ3v) is 5.71. The van der Waals surface area contributed by atoms with E-state index in [1.807, 2.05) is 54.6 Å². The van der Waals surface area contributed by atoms with Crippen LogP contribution in [0, 0.1) is 0 Å². The maximum absolute atomic E-state index is 12.9. The fourth-order valence-corrected chi connectivity index (χ4v) is 4.01. The van der Waals surface area contributed by atoms with Crippen LogP contribution < -0.4 is 5.32 Å². The second kappa shape index (κ2) is 7.11. The number of likely N-dealkylation sites (tertiary alicyclic amines) is 1. The summed E-state index contributed by atoms with van der Waals surface area (Å²) in [6.45, 7) is 3.04. The van der Waals surface area contributed by atoms with E-state index in [1.54, 1.807) is 11.8 Å². The number of hydrogen-bond acceptors (Lipinski definition) is 3. The van der Waals surface area contributed by atoms with Gasteiger partial charge in [-0.2, -0.15) is 0 Å². The van der Waals surface area contributed by atoms with Gasteiger partial charge in [0.15, 0.2) is 0 Å². The molecule has 2 aliphatic heterocycles. The SMILES string of the molecule is CCN1C(=O)NC2(CCN(C(=O)c3ccc(-c4ccccc4)cc3)CC2)C1=O. The van der Waals surface area contributed by atoms with Crippen molar-refractivity contribution >= 4 is 17.8 Å². The minimum atomic E-state index is -0.846. The van der Waals surface area contributed by atoms with E-state index in [0.717, 1.165) is 11.1 Å². The van der Waals surface area contributed by atoms with Gasteiger partial charge in [0.05, 0.1) is 0 Å². The van der Waals surface area contributed by atoms with Crippen LogP contribution in [0.5, 0.6) is 0 Å². The van der Waals surface area contributed by atoms with Crippen molar-refractivity contribution in [1.29, 1.82) is 0 Å². The topological polar surface area (TPSA) is 69.7 Å². The van der Waals surface area contributed by atoms with Crippen LogP contribution in [-0.2, 0) is 4.79 Å². The number of carbonyl (C=O) groups excluding carboxylic acids is 3. The number of likely N-dealkylation sites (N-methyl/N-ethyl adjacent to an activating group) is 1. The van der Waals surface area contributed by atoms with Crippen molar-refractivity contribution < 1.29 is 14.4 Å². The first-order valence-electron chi connectivity index (χ1n) is 9.63. The Kier molecular flexibility index (Phi) is 4.63. The van der Waals surface area contributed by atoms with Crippen molar-refractivity contribution in [1.82, 2.24) is 15.1 Å². The molecule has 1 spiro atoms. The van der Waals surface area contributed by atoms with Gasteiger partial charge in [-0.1, -0.05) is 42.5 Å². The summed E-state index contributed by atoms with van der Waals surface area (Å²) >= 11 is 0. The number of carbonyl (C=O) groups is 3. The highest BCUT2D eigenvalue weighted by atomic mass is 16.2. The van der Waals surface area contributed by atoms with Crippen LogP contribution in [-0.4, -0.2) is 52.8 Å². The lowest BCUT2D eigenvalue weighted by Gasteiger charge is -2.37. The molecule has 0 saturated carbocycles. The van der Waals surface area contributed by atoms with Gasteiger partial charge in [-0.15, -0.1) is 0 Å². The molecule has 0 aromatic heterocycles. The number of imide groups is 1. The smallest absolute Gasteiger partial charge is 0.325 e. The van der Waals surface area contributed by atoms with Gasteiger partial charge >= 0.3 is 6.03 Å². The minimum absolute atomic E-state index is 0.0430. The molecule has 2 aromatic carbocycles. The second-order valence-electron chi connectivity index (χ2n) is 7.30. The molecule has 6 heteroatoms. The molecule has 0 radical (unpaired) electrons. The summed E-state index contributed by atoms with van der Waals surface area (Å²) in [5, 5.41) is 2.84. The highest BCUT2D eigenvalue weighted by Crippen LogP contribution is 2.30. The number of nitrogens with zero attached hydrogens (tertiary/aromatic N) is 2. The molecule has 0 bridgehead atoms. The van der Waals surface area contributed by atoms with Crippen molar-refractivity contribution in [2.45, 2.75) is 25.3 Å². The van der Waals surface area contributed by atoms with Gasteiger partial charge in [-0.05, 0) is 43.0 Å². The first kappa shape index (κ1) is 18.2. The van der Waals surface area contributed by atoms with E-state index in [1.165, 1.54) is 4.90 Å². The van der Waals surface area contributed by atoms with Crippen LogP contribution in [0.2, 0.25) is 0 Å². The lowest BCUT2D eigenvalue weighted by atomic mass is 9.87. The molecule has 2 saturated heterocycles.